The second-order valence-electron chi connectivity index (χ2n) is 6.04. The Morgan fingerprint density at radius 3 is 2.33 bits per heavy atom. The SMILES string of the molecule is CC(C)(C=O)c1ccnc2c(-c3ccc(C(F)(F)F)cc3)cnn12. The van der Waals surface area contributed by atoms with Crippen LogP contribution in [0.3, 0.4) is 0 Å². The number of benzene rings is 1. The van der Waals surface area contributed by atoms with Gasteiger partial charge in [0.15, 0.2) is 5.65 Å². The van der Waals surface area contributed by atoms with E-state index in [9.17, 15) is 18.0 Å². The molecule has 0 atom stereocenters. The van der Waals surface area contributed by atoms with Gasteiger partial charge in [0.25, 0.3) is 0 Å². The van der Waals surface area contributed by atoms with Gasteiger partial charge in [-0.25, -0.2) is 9.50 Å². The van der Waals surface area contributed by atoms with E-state index in [0.717, 1.165) is 18.4 Å². The maximum atomic E-state index is 12.7. The molecular formula is C17H14F3N3O. The molecule has 0 saturated carbocycles. The summed E-state index contributed by atoms with van der Waals surface area (Å²) in [5.41, 5.74) is 0.852. The summed E-state index contributed by atoms with van der Waals surface area (Å²) in [5.74, 6) is 0. The van der Waals surface area contributed by atoms with E-state index in [1.807, 2.05) is 0 Å². The van der Waals surface area contributed by atoms with Crippen LogP contribution in [0, 0.1) is 0 Å². The van der Waals surface area contributed by atoms with Crippen molar-refractivity contribution in [2.45, 2.75) is 25.4 Å². The van der Waals surface area contributed by atoms with E-state index in [1.165, 1.54) is 18.3 Å². The second-order valence-corrected chi connectivity index (χ2v) is 6.04. The first kappa shape index (κ1) is 16.2. The van der Waals surface area contributed by atoms with Gasteiger partial charge in [-0.3, -0.25) is 0 Å². The van der Waals surface area contributed by atoms with Gasteiger partial charge in [-0.2, -0.15) is 18.3 Å². The van der Waals surface area contributed by atoms with Crippen molar-refractivity contribution in [3.8, 4) is 11.1 Å². The Labute approximate surface area is 135 Å². The molecule has 0 aliphatic carbocycles. The maximum absolute atomic E-state index is 12.7. The molecule has 2 heterocycles. The third-order valence-electron chi connectivity index (χ3n) is 3.88. The number of hydrogen-bond donors (Lipinski definition) is 0. The van der Waals surface area contributed by atoms with E-state index < -0.39 is 17.2 Å². The van der Waals surface area contributed by atoms with Gasteiger partial charge in [0.2, 0.25) is 0 Å². The monoisotopic (exact) mass is 333 g/mol. The molecule has 0 radical (unpaired) electrons. The topological polar surface area (TPSA) is 47.3 Å². The van der Waals surface area contributed by atoms with Crippen molar-refractivity contribution in [3.63, 3.8) is 0 Å². The van der Waals surface area contributed by atoms with Crippen LogP contribution in [-0.4, -0.2) is 20.9 Å². The van der Waals surface area contributed by atoms with E-state index in [4.69, 9.17) is 0 Å². The molecule has 0 N–H and O–H groups in total. The Hall–Kier alpha value is -2.70. The van der Waals surface area contributed by atoms with Crippen LogP contribution in [0.25, 0.3) is 16.8 Å². The summed E-state index contributed by atoms with van der Waals surface area (Å²) in [5, 5.41) is 4.25. The Kier molecular flexibility index (Phi) is 3.66. The van der Waals surface area contributed by atoms with Gasteiger partial charge < -0.3 is 4.79 Å². The number of rotatable bonds is 3. The fourth-order valence-electron chi connectivity index (χ4n) is 2.48. The Morgan fingerprint density at radius 1 is 1.08 bits per heavy atom. The van der Waals surface area contributed by atoms with Crippen molar-refractivity contribution in [1.29, 1.82) is 0 Å². The van der Waals surface area contributed by atoms with Gasteiger partial charge in [0.05, 0.1) is 22.9 Å². The third-order valence-corrected chi connectivity index (χ3v) is 3.88. The summed E-state index contributed by atoms with van der Waals surface area (Å²) >= 11 is 0. The molecule has 0 spiro atoms. The summed E-state index contributed by atoms with van der Waals surface area (Å²) < 4.78 is 39.6. The maximum Gasteiger partial charge on any atom is 0.416 e. The fraction of sp³-hybridized carbons (Fsp3) is 0.235. The Balaban J connectivity index is 2.12. The summed E-state index contributed by atoms with van der Waals surface area (Å²) in [6.07, 6.45) is -0.458. The average molecular weight is 333 g/mol. The highest BCUT2D eigenvalue weighted by molar-refractivity contribution is 5.78. The zero-order valence-corrected chi connectivity index (χ0v) is 13.0. The third kappa shape index (κ3) is 2.66. The first-order chi connectivity index (χ1) is 11.2. The van der Waals surface area contributed by atoms with Gasteiger partial charge in [-0.05, 0) is 37.6 Å². The predicted molar refractivity (Wildman–Crippen MR) is 82.5 cm³/mol. The van der Waals surface area contributed by atoms with Crippen molar-refractivity contribution in [2.75, 3.05) is 0 Å². The minimum absolute atomic E-state index is 0.488. The van der Waals surface area contributed by atoms with Gasteiger partial charge in [0.1, 0.15) is 6.29 Å². The molecule has 0 fully saturated rings. The molecule has 0 aliphatic rings. The van der Waals surface area contributed by atoms with Crippen molar-refractivity contribution >= 4 is 11.9 Å². The largest absolute Gasteiger partial charge is 0.416 e. The normalized spacial score (nSPS) is 12.5. The number of alkyl halides is 3. The summed E-state index contributed by atoms with van der Waals surface area (Å²) in [7, 11) is 0. The molecule has 7 heteroatoms. The first-order valence-corrected chi connectivity index (χ1v) is 7.21. The van der Waals surface area contributed by atoms with Crippen LogP contribution in [0.15, 0.2) is 42.7 Å². The zero-order valence-electron chi connectivity index (χ0n) is 13.0. The van der Waals surface area contributed by atoms with Crippen LogP contribution in [0.4, 0.5) is 13.2 Å². The number of hydrogen-bond acceptors (Lipinski definition) is 3. The van der Waals surface area contributed by atoms with Crippen molar-refractivity contribution in [1.82, 2.24) is 14.6 Å². The quantitative estimate of drug-likeness (QED) is 0.683. The zero-order chi connectivity index (χ0) is 17.5. The molecule has 0 aliphatic heterocycles. The highest BCUT2D eigenvalue weighted by Gasteiger charge is 2.30. The lowest BCUT2D eigenvalue weighted by Gasteiger charge is -2.18. The molecule has 3 rings (SSSR count). The molecule has 3 aromatic rings. The van der Waals surface area contributed by atoms with E-state index in [-0.39, 0.29) is 0 Å². The smallest absolute Gasteiger partial charge is 0.302 e. The van der Waals surface area contributed by atoms with E-state index in [1.54, 1.807) is 30.6 Å². The lowest BCUT2D eigenvalue weighted by atomic mass is 9.91. The van der Waals surface area contributed by atoms with E-state index in [0.29, 0.717) is 22.5 Å². The molecule has 0 amide bonds. The molecule has 0 unspecified atom stereocenters. The number of carbonyl (C=O) groups excluding carboxylic acids is 1. The van der Waals surface area contributed by atoms with Crippen LogP contribution >= 0.6 is 0 Å². The van der Waals surface area contributed by atoms with Crippen molar-refractivity contribution < 1.29 is 18.0 Å². The molecule has 4 nitrogen and oxygen atoms in total. The molecule has 1 aromatic carbocycles. The lowest BCUT2D eigenvalue weighted by molar-refractivity contribution is -0.137. The minimum atomic E-state index is -4.38. The van der Waals surface area contributed by atoms with Gasteiger partial charge >= 0.3 is 6.18 Å². The number of aromatic nitrogens is 3. The van der Waals surface area contributed by atoms with Gasteiger partial charge in [0, 0.05) is 11.8 Å². The Morgan fingerprint density at radius 2 is 1.75 bits per heavy atom. The first-order valence-electron chi connectivity index (χ1n) is 7.21. The average Bonchev–Trinajstić information content (AvgIpc) is 2.98. The van der Waals surface area contributed by atoms with Crippen molar-refractivity contribution in [3.05, 3.63) is 54.0 Å². The van der Waals surface area contributed by atoms with Crippen LogP contribution in [-0.2, 0) is 16.4 Å². The van der Waals surface area contributed by atoms with Crippen molar-refractivity contribution in [2.24, 2.45) is 0 Å². The number of halogens is 3. The summed E-state index contributed by atoms with van der Waals surface area (Å²) in [6, 6.07) is 6.53. The number of aldehydes is 1. The number of nitrogens with zero attached hydrogens (tertiary/aromatic N) is 3. The van der Waals surface area contributed by atoms with Crippen LogP contribution in [0.5, 0.6) is 0 Å². The van der Waals surface area contributed by atoms with E-state index in [2.05, 4.69) is 10.1 Å². The fourth-order valence-corrected chi connectivity index (χ4v) is 2.48. The highest BCUT2D eigenvalue weighted by atomic mass is 19.4. The number of fused-ring (bicyclic) bond motifs is 1. The summed E-state index contributed by atoms with van der Waals surface area (Å²) in [4.78, 5) is 15.6. The molecule has 24 heavy (non-hydrogen) atoms. The lowest BCUT2D eigenvalue weighted by Crippen LogP contribution is -2.23. The standard InChI is InChI=1S/C17H14F3N3O/c1-16(2,10-24)14-7-8-21-15-13(9-22-23(14)15)11-3-5-12(6-4-11)17(18,19)20/h3-10H,1-2H3. The van der Waals surface area contributed by atoms with Crippen LogP contribution < -0.4 is 0 Å². The molecule has 2 aromatic heterocycles. The highest BCUT2D eigenvalue weighted by Crippen LogP contribution is 2.32. The molecule has 124 valence electrons. The minimum Gasteiger partial charge on any atom is -0.302 e. The predicted octanol–water partition coefficient (Wildman–Crippen LogP) is 3.89. The van der Waals surface area contributed by atoms with Gasteiger partial charge in [-0.1, -0.05) is 12.1 Å². The molecular weight excluding hydrogens is 319 g/mol. The second kappa shape index (κ2) is 5.43. The van der Waals surface area contributed by atoms with E-state index >= 15 is 0 Å². The van der Waals surface area contributed by atoms with Crippen LogP contribution in [0.1, 0.15) is 25.1 Å². The summed E-state index contributed by atoms with van der Waals surface area (Å²) in [6.45, 7) is 3.52. The van der Waals surface area contributed by atoms with Crippen LogP contribution in [0.2, 0.25) is 0 Å². The molecule has 0 bridgehead atoms. The Bertz CT molecular complexity index is 896. The molecule has 0 saturated heterocycles. The van der Waals surface area contributed by atoms with Gasteiger partial charge in [-0.15, -0.1) is 0 Å². The number of carbonyl (C=O) groups is 1.